The number of carbonyl (C=O) groups excluding carboxylic acids is 2. The van der Waals surface area contributed by atoms with E-state index in [0.717, 1.165) is 12.8 Å². The number of nitrogens with one attached hydrogen (secondary N) is 4. The second-order valence-corrected chi connectivity index (χ2v) is 9.51. The molecule has 2 heterocycles. The number of anilines is 2. The van der Waals surface area contributed by atoms with Crippen LogP contribution < -0.4 is 26.9 Å². The van der Waals surface area contributed by atoms with Crippen LogP contribution in [0.2, 0.25) is 5.02 Å². The molecular weight excluding hydrogens is 518 g/mol. The van der Waals surface area contributed by atoms with E-state index in [1.54, 1.807) is 37.3 Å². The number of nitrogen functional groups attached to an aromatic ring is 1. The maximum atomic E-state index is 12.8. The predicted molar refractivity (Wildman–Crippen MR) is 155 cm³/mol. The van der Waals surface area contributed by atoms with E-state index in [-0.39, 0.29) is 23.4 Å². The molecule has 39 heavy (non-hydrogen) atoms. The third kappa shape index (κ3) is 6.66. The van der Waals surface area contributed by atoms with Gasteiger partial charge in [-0.1, -0.05) is 36.7 Å². The molecule has 202 valence electrons. The van der Waals surface area contributed by atoms with Crippen LogP contribution in [0.3, 0.4) is 0 Å². The molecule has 4 aromatic rings. The molecule has 0 radical (unpaired) electrons. The summed E-state index contributed by atoms with van der Waals surface area (Å²) in [5.74, 6) is -0.457. The van der Waals surface area contributed by atoms with Crippen LogP contribution in [0, 0.1) is 6.92 Å². The summed E-state index contributed by atoms with van der Waals surface area (Å²) < 4.78 is 0. The van der Waals surface area contributed by atoms with E-state index in [4.69, 9.17) is 17.3 Å². The van der Waals surface area contributed by atoms with Gasteiger partial charge in [-0.15, -0.1) is 5.11 Å². The number of amides is 2. The van der Waals surface area contributed by atoms with Crippen LogP contribution in [0.4, 0.5) is 17.1 Å². The Morgan fingerprint density at radius 2 is 1.95 bits per heavy atom. The lowest BCUT2D eigenvalue weighted by Gasteiger charge is -2.08. The summed E-state index contributed by atoms with van der Waals surface area (Å²) in [4.78, 5) is 30.8. The van der Waals surface area contributed by atoms with Crippen LogP contribution in [-0.2, 0) is 4.79 Å². The summed E-state index contributed by atoms with van der Waals surface area (Å²) in [6, 6.07) is 12.3. The number of hydrogen-bond acceptors (Lipinski definition) is 6. The Hall–Kier alpha value is -4.57. The van der Waals surface area contributed by atoms with Crippen LogP contribution in [0.5, 0.6) is 5.88 Å². The molecule has 0 atom stereocenters. The van der Waals surface area contributed by atoms with E-state index in [2.05, 4.69) is 37.4 Å². The smallest absolute Gasteiger partial charge is 0.253 e. The molecule has 0 aliphatic heterocycles. The first-order valence-corrected chi connectivity index (χ1v) is 12.8. The first-order valence-electron chi connectivity index (χ1n) is 12.5. The number of azo groups is 1. The van der Waals surface area contributed by atoms with Crippen molar-refractivity contribution in [3.05, 3.63) is 69.3 Å². The molecule has 0 fully saturated rings. The minimum Gasteiger partial charge on any atom is -0.493 e. The van der Waals surface area contributed by atoms with Crippen molar-refractivity contribution in [2.45, 2.75) is 32.6 Å². The van der Waals surface area contributed by atoms with E-state index < -0.39 is 0 Å². The number of fused-ring (bicyclic) bond motifs is 1. The fourth-order valence-corrected chi connectivity index (χ4v) is 4.37. The van der Waals surface area contributed by atoms with E-state index >= 15 is 0 Å². The first kappa shape index (κ1) is 27.5. The summed E-state index contributed by atoms with van der Waals surface area (Å²) in [5.41, 5.74) is 9.02. The maximum Gasteiger partial charge on any atom is 0.253 e. The average Bonchev–Trinajstić information content (AvgIpc) is 3.36. The third-order valence-electron chi connectivity index (χ3n) is 6.21. The summed E-state index contributed by atoms with van der Waals surface area (Å²) in [5, 5.41) is 26.2. The van der Waals surface area contributed by atoms with Gasteiger partial charge in [-0.3, -0.25) is 9.59 Å². The van der Waals surface area contributed by atoms with Crippen LogP contribution in [0.25, 0.3) is 23.7 Å². The summed E-state index contributed by atoms with van der Waals surface area (Å²) in [7, 11) is 0. The lowest BCUT2D eigenvalue weighted by atomic mass is 10.1. The van der Waals surface area contributed by atoms with Crippen molar-refractivity contribution < 1.29 is 14.7 Å². The third-order valence-corrected chi connectivity index (χ3v) is 6.45. The Bertz CT molecular complexity index is 1660. The molecule has 0 spiro atoms. The fraction of sp³-hybridized carbons (Fsp3) is 0.214. The van der Waals surface area contributed by atoms with Gasteiger partial charge in [0.05, 0.1) is 34.0 Å². The lowest BCUT2D eigenvalue weighted by Crippen LogP contribution is -2.32. The minimum atomic E-state index is -0.244. The van der Waals surface area contributed by atoms with E-state index in [0.29, 0.717) is 68.5 Å². The number of unbranched alkanes of at least 4 members (excludes halogenated alkanes) is 2. The number of aryl methyl sites for hydroxylation is 1. The van der Waals surface area contributed by atoms with Crippen molar-refractivity contribution >= 4 is 64.2 Å². The number of aromatic hydroxyl groups is 1. The molecule has 0 bridgehead atoms. The fourth-order valence-electron chi connectivity index (χ4n) is 4.20. The Morgan fingerprint density at radius 1 is 1.15 bits per heavy atom. The van der Waals surface area contributed by atoms with Gasteiger partial charge in [0.25, 0.3) is 5.91 Å². The average molecular weight is 548 g/mol. The van der Waals surface area contributed by atoms with Crippen LogP contribution in [0.1, 0.15) is 41.7 Å². The van der Waals surface area contributed by atoms with Gasteiger partial charge < -0.3 is 31.4 Å². The van der Waals surface area contributed by atoms with Crippen LogP contribution >= 0.6 is 11.6 Å². The quantitative estimate of drug-likeness (QED) is 0.0971. The molecule has 4 rings (SSSR count). The van der Waals surface area contributed by atoms with Crippen molar-refractivity contribution in [3.8, 4) is 5.88 Å². The van der Waals surface area contributed by atoms with E-state index in [9.17, 15) is 14.7 Å². The Morgan fingerprint density at radius 3 is 2.74 bits per heavy atom. The summed E-state index contributed by atoms with van der Waals surface area (Å²) >= 11 is 6.06. The number of benzene rings is 2. The van der Waals surface area contributed by atoms with Crippen molar-refractivity contribution in [3.63, 3.8) is 0 Å². The number of aromatic amines is 2. The van der Waals surface area contributed by atoms with Gasteiger partial charge in [0.15, 0.2) is 5.69 Å². The number of aromatic nitrogens is 2. The number of nitrogens with two attached hydrogens (primary N) is 1. The predicted octanol–water partition coefficient (Wildman–Crippen LogP) is 4.61. The van der Waals surface area contributed by atoms with Crippen LogP contribution in [-0.4, -0.2) is 33.4 Å². The number of nitrogens with zero attached hydrogens (tertiary/aromatic N) is 2. The first-order chi connectivity index (χ1) is 18.7. The van der Waals surface area contributed by atoms with Gasteiger partial charge in [-0.05, 0) is 50.1 Å². The van der Waals surface area contributed by atoms with E-state index in [1.165, 1.54) is 6.20 Å². The monoisotopic (exact) mass is 547 g/mol. The minimum absolute atomic E-state index is 0.0915. The molecule has 0 saturated heterocycles. The van der Waals surface area contributed by atoms with Crippen molar-refractivity contribution in [1.29, 1.82) is 0 Å². The Balaban J connectivity index is 1.29. The number of H-pyrrole nitrogens is 2. The zero-order chi connectivity index (χ0) is 27.9. The van der Waals surface area contributed by atoms with E-state index in [1.807, 2.05) is 12.1 Å². The molecule has 11 heteroatoms. The Kier molecular flexibility index (Phi) is 8.67. The standard InChI is InChI=1S/C28H30ClN7O3/c1-16-23(15-32-36-26-19-14-18(29)11-12-21(19)35-28(26)39)33-17(2)25(16)27(38)31-13-7-3-4-10-24(37)34-22-9-6-5-8-20(22)30/h5-6,8-9,11-12,14-15,33,35,39H,1,3-4,7,10,13,30H2,2H3,(H,31,38)(H,34,37). The highest BCUT2D eigenvalue weighted by atomic mass is 35.5. The highest BCUT2D eigenvalue weighted by Crippen LogP contribution is 2.36. The largest absolute Gasteiger partial charge is 0.493 e. The molecule has 7 N–H and O–H groups in total. The summed E-state index contributed by atoms with van der Waals surface area (Å²) in [6.45, 7) is 6.27. The van der Waals surface area contributed by atoms with Gasteiger partial charge in [0.1, 0.15) is 0 Å². The molecule has 0 unspecified atom stereocenters. The molecule has 2 aromatic carbocycles. The van der Waals surface area contributed by atoms with Crippen molar-refractivity contribution in [2.24, 2.45) is 10.2 Å². The highest BCUT2D eigenvalue weighted by molar-refractivity contribution is 6.31. The molecule has 0 aliphatic rings. The van der Waals surface area contributed by atoms with Gasteiger partial charge in [-0.25, -0.2) is 0 Å². The van der Waals surface area contributed by atoms with Crippen LogP contribution in [0.15, 0.2) is 52.7 Å². The van der Waals surface area contributed by atoms with Gasteiger partial charge in [0, 0.05) is 34.3 Å². The molecule has 2 aromatic heterocycles. The zero-order valence-corrected chi connectivity index (χ0v) is 22.2. The lowest BCUT2D eigenvalue weighted by molar-refractivity contribution is -0.116. The molecule has 0 aliphatic carbocycles. The molecule has 10 nitrogen and oxygen atoms in total. The molecule has 0 saturated carbocycles. The number of rotatable bonds is 10. The van der Waals surface area contributed by atoms with Crippen molar-refractivity contribution in [1.82, 2.24) is 15.3 Å². The number of carbonyl (C=O) groups is 2. The zero-order valence-electron chi connectivity index (χ0n) is 21.5. The second-order valence-electron chi connectivity index (χ2n) is 9.08. The maximum absolute atomic E-state index is 12.8. The second kappa shape index (κ2) is 12.3. The van der Waals surface area contributed by atoms with Gasteiger partial charge in [0.2, 0.25) is 11.8 Å². The topological polar surface area (TPSA) is 161 Å². The number of halogens is 1. The molecule has 2 amide bonds. The number of hydrogen-bond donors (Lipinski definition) is 6. The van der Waals surface area contributed by atoms with Crippen molar-refractivity contribution in [2.75, 3.05) is 17.6 Å². The highest BCUT2D eigenvalue weighted by Gasteiger charge is 2.13. The normalized spacial score (nSPS) is 11.9. The number of para-hydroxylation sites is 2. The van der Waals surface area contributed by atoms with Gasteiger partial charge in [-0.2, -0.15) is 5.11 Å². The SMILES string of the molecule is C=c1c(C(=O)NCCCCCC(=O)Nc2ccccc2N)c(C)[nH]c1=CN=Nc1c(O)[nH]c2ccc(Cl)cc12. The van der Waals surface area contributed by atoms with Gasteiger partial charge >= 0.3 is 0 Å². The molecular formula is C28H30ClN7O3. The summed E-state index contributed by atoms with van der Waals surface area (Å²) in [6.07, 6.45) is 4.03. The Labute approximate surface area is 229 Å².